The molecular formula is C7H9Cl3N4. The van der Waals surface area contributed by atoms with Gasteiger partial charge in [-0.25, -0.2) is 9.97 Å². The van der Waals surface area contributed by atoms with Crippen LogP contribution in [-0.4, -0.2) is 15.0 Å². The molecule has 14 heavy (non-hydrogen) atoms. The van der Waals surface area contributed by atoms with Crippen molar-refractivity contribution < 1.29 is 0 Å². The van der Waals surface area contributed by atoms with Crippen LogP contribution in [-0.2, 0) is 6.54 Å². The number of halogens is 3. The average Bonchev–Trinajstić information content (AvgIpc) is 2.46. The number of fused-ring (bicyclic) bond motifs is 1. The largest absolute Gasteiger partial charge is 0.340 e. The first-order chi connectivity index (χ1) is 5.79. The third-order valence-corrected chi connectivity index (χ3v) is 1.76. The van der Waals surface area contributed by atoms with E-state index in [2.05, 4.69) is 15.0 Å². The van der Waals surface area contributed by atoms with E-state index in [0.717, 1.165) is 11.3 Å². The molecule has 2 rings (SSSR count). The van der Waals surface area contributed by atoms with Crippen molar-refractivity contribution in [2.45, 2.75) is 6.54 Å². The minimum atomic E-state index is 0. The number of nitrogens with zero attached hydrogens (tertiary/aromatic N) is 2. The van der Waals surface area contributed by atoms with E-state index in [9.17, 15) is 0 Å². The Kier molecular flexibility index (Phi) is 5.15. The van der Waals surface area contributed by atoms with Crippen LogP contribution in [0.5, 0.6) is 0 Å². The van der Waals surface area contributed by atoms with E-state index >= 15 is 0 Å². The third kappa shape index (κ3) is 2.48. The summed E-state index contributed by atoms with van der Waals surface area (Å²) in [4.78, 5) is 11.1. The van der Waals surface area contributed by atoms with Gasteiger partial charge in [-0.15, -0.1) is 24.8 Å². The van der Waals surface area contributed by atoms with Gasteiger partial charge < -0.3 is 10.7 Å². The maximum absolute atomic E-state index is 5.67. The molecule has 0 unspecified atom stereocenters. The SMILES string of the molecule is Cl.Cl.NCc1nc2nc(Cl)ccc2[nH]1. The topological polar surface area (TPSA) is 67.6 Å². The second-order valence-electron chi connectivity index (χ2n) is 2.39. The maximum atomic E-state index is 5.67. The molecular weight excluding hydrogens is 246 g/mol. The number of imidazole rings is 1. The predicted molar refractivity (Wildman–Crippen MR) is 61.3 cm³/mol. The number of nitrogens with one attached hydrogen (secondary N) is 1. The second-order valence-corrected chi connectivity index (χ2v) is 2.78. The summed E-state index contributed by atoms with van der Waals surface area (Å²) in [5.41, 5.74) is 6.87. The van der Waals surface area contributed by atoms with E-state index in [1.807, 2.05) is 6.07 Å². The predicted octanol–water partition coefficient (Wildman–Crippen LogP) is 1.91. The van der Waals surface area contributed by atoms with Gasteiger partial charge in [0.2, 0.25) is 0 Å². The molecule has 4 nitrogen and oxygen atoms in total. The lowest BCUT2D eigenvalue weighted by Crippen LogP contribution is -1.97. The lowest BCUT2D eigenvalue weighted by Gasteiger charge is -1.86. The van der Waals surface area contributed by atoms with Gasteiger partial charge in [0.05, 0.1) is 12.1 Å². The fourth-order valence-electron chi connectivity index (χ4n) is 1.02. The average molecular weight is 256 g/mol. The minimum Gasteiger partial charge on any atom is -0.340 e. The van der Waals surface area contributed by atoms with Crippen LogP contribution < -0.4 is 5.73 Å². The van der Waals surface area contributed by atoms with Crippen LogP contribution in [0, 0.1) is 0 Å². The molecule has 0 amide bonds. The van der Waals surface area contributed by atoms with Crippen LogP contribution in [0.25, 0.3) is 11.2 Å². The molecule has 0 aliphatic heterocycles. The molecule has 0 aromatic carbocycles. The lowest BCUT2D eigenvalue weighted by molar-refractivity contribution is 0.956. The fourth-order valence-corrected chi connectivity index (χ4v) is 1.16. The van der Waals surface area contributed by atoms with Gasteiger partial charge in [-0.3, -0.25) is 0 Å². The van der Waals surface area contributed by atoms with Crippen LogP contribution >= 0.6 is 36.4 Å². The zero-order valence-electron chi connectivity index (χ0n) is 7.03. The number of pyridine rings is 1. The number of H-pyrrole nitrogens is 1. The zero-order chi connectivity index (χ0) is 8.55. The summed E-state index contributed by atoms with van der Waals surface area (Å²) in [5, 5.41) is 0.442. The second kappa shape index (κ2) is 5.36. The molecule has 3 N–H and O–H groups in total. The van der Waals surface area contributed by atoms with Crippen LogP contribution in [0.15, 0.2) is 12.1 Å². The molecule has 2 aromatic heterocycles. The molecule has 0 bridgehead atoms. The summed E-state index contributed by atoms with van der Waals surface area (Å²) < 4.78 is 0. The monoisotopic (exact) mass is 254 g/mol. The fraction of sp³-hybridized carbons (Fsp3) is 0.143. The van der Waals surface area contributed by atoms with Crippen LogP contribution in [0.1, 0.15) is 5.82 Å². The Morgan fingerprint density at radius 2 is 2.00 bits per heavy atom. The van der Waals surface area contributed by atoms with Gasteiger partial charge in [-0.05, 0) is 12.1 Å². The smallest absolute Gasteiger partial charge is 0.179 e. The van der Waals surface area contributed by atoms with Gasteiger partial charge in [0.25, 0.3) is 0 Å². The van der Waals surface area contributed by atoms with E-state index in [4.69, 9.17) is 17.3 Å². The van der Waals surface area contributed by atoms with Crippen molar-refractivity contribution in [2.75, 3.05) is 0 Å². The third-order valence-electron chi connectivity index (χ3n) is 1.55. The molecule has 0 saturated heterocycles. The lowest BCUT2D eigenvalue weighted by atomic mass is 10.4. The maximum Gasteiger partial charge on any atom is 0.179 e. The molecule has 0 radical (unpaired) electrons. The molecule has 2 aromatic rings. The van der Waals surface area contributed by atoms with Gasteiger partial charge in [0.15, 0.2) is 5.65 Å². The van der Waals surface area contributed by atoms with Gasteiger partial charge in [0.1, 0.15) is 11.0 Å². The standard InChI is InChI=1S/C7H7ClN4.2ClH/c8-5-2-1-4-7(11-5)12-6(3-9)10-4;;/h1-2H,3,9H2,(H,10,11,12);2*1H. The highest BCUT2D eigenvalue weighted by Gasteiger charge is 2.01. The van der Waals surface area contributed by atoms with Gasteiger partial charge in [-0.1, -0.05) is 11.6 Å². The highest BCUT2D eigenvalue weighted by molar-refractivity contribution is 6.29. The zero-order valence-corrected chi connectivity index (χ0v) is 9.42. The first kappa shape index (κ1) is 13.4. The number of hydrogen-bond donors (Lipinski definition) is 2. The van der Waals surface area contributed by atoms with E-state index in [-0.39, 0.29) is 24.8 Å². The molecule has 0 spiro atoms. The molecule has 0 aliphatic rings. The van der Waals surface area contributed by atoms with Crippen molar-refractivity contribution in [3.63, 3.8) is 0 Å². The van der Waals surface area contributed by atoms with Gasteiger partial charge >= 0.3 is 0 Å². The molecule has 2 heterocycles. The summed E-state index contributed by atoms with van der Waals surface area (Å²) >= 11 is 5.67. The Hall–Kier alpha value is -0.550. The Morgan fingerprint density at radius 1 is 1.29 bits per heavy atom. The number of nitrogens with two attached hydrogens (primary N) is 1. The van der Waals surface area contributed by atoms with E-state index in [0.29, 0.717) is 17.3 Å². The minimum absolute atomic E-state index is 0. The Morgan fingerprint density at radius 3 is 2.64 bits per heavy atom. The van der Waals surface area contributed by atoms with Crippen molar-refractivity contribution in [1.29, 1.82) is 0 Å². The van der Waals surface area contributed by atoms with Crippen molar-refractivity contribution in [1.82, 2.24) is 15.0 Å². The Balaban J connectivity index is 0.000000845. The molecule has 0 saturated carbocycles. The van der Waals surface area contributed by atoms with Crippen molar-refractivity contribution in [3.8, 4) is 0 Å². The molecule has 0 fully saturated rings. The summed E-state index contributed by atoms with van der Waals surface area (Å²) in [6, 6.07) is 3.54. The first-order valence-corrected chi connectivity index (χ1v) is 3.88. The Bertz CT molecular complexity index is 414. The van der Waals surface area contributed by atoms with E-state index in [1.165, 1.54) is 0 Å². The van der Waals surface area contributed by atoms with Gasteiger partial charge in [0, 0.05) is 0 Å². The molecule has 0 atom stereocenters. The summed E-state index contributed by atoms with van der Waals surface area (Å²) in [7, 11) is 0. The number of rotatable bonds is 1. The van der Waals surface area contributed by atoms with Gasteiger partial charge in [-0.2, -0.15) is 0 Å². The molecule has 0 aliphatic carbocycles. The van der Waals surface area contributed by atoms with Crippen LogP contribution in [0.4, 0.5) is 0 Å². The highest BCUT2D eigenvalue weighted by Crippen LogP contribution is 2.12. The quantitative estimate of drug-likeness (QED) is 0.765. The first-order valence-electron chi connectivity index (χ1n) is 3.51. The van der Waals surface area contributed by atoms with Crippen LogP contribution in [0.3, 0.4) is 0 Å². The van der Waals surface area contributed by atoms with E-state index in [1.54, 1.807) is 6.07 Å². The van der Waals surface area contributed by atoms with E-state index < -0.39 is 0 Å². The number of aromatic amines is 1. The molecule has 78 valence electrons. The summed E-state index contributed by atoms with van der Waals surface area (Å²) in [6.45, 7) is 0.383. The number of hydrogen-bond acceptors (Lipinski definition) is 3. The van der Waals surface area contributed by atoms with Crippen LogP contribution in [0.2, 0.25) is 5.15 Å². The van der Waals surface area contributed by atoms with Crippen molar-refractivity contribution in [2.24, 2.45) is 5.73 Å². The number of aromatic nitrogens is 3. The Labute approximate surface area is 98.1 Å². The summed E-state index contributed by atoms with van der Waals surface area (Å²) in [6.07, 6.45) is 0. The normalized spacial score (nSPS) is 9.29. The molecule has 7 heteroatoms. The summed E-state index contributed by atoms with van der Waals surface area (Å²) in [5.74, 6) is 0.722. The van der Waals surface area contributed by atoms with Crippen molar-refractivity contribution in [3.05, 3.63) is 23.1 Å². The highest BCUT2D eigenvalue weighted by atomic mass is 35.5. The van der Waals surface area contributed by atoms with Crippen molar-refractivity contribution >= 4 is 47.6 Å².